The normalized spacial score (nSPS) is 14.7. The van der Waals surface area contributed by atoms with Crippen LogP contribution in [0.2, 0.25) is 0 Å². The van der Waals surface area contributed by atoms with E-state index in [4.69, 9.17) is 5.11 Å². The van der Waals surface area contributed by atoms with Gasteiger partial charge in [-0.3, -0.25) is 0 Å². The first-order valence-electron chi connectivity index (χ1n) is 3.29. The Kier molecular flexibility index (Phi) is 1.25. The number of anilines is 1. The van der Waals surface area contributed by atoms with Gasteiger partial charge in [-0.25, -0.2) is 9.97 Å². The molecule has 2 N–H and O–H groups in total. The summed E-state index contributed by atoms with van der Waals surface area (Å²) in [5.41, 5.74) is 0.830. The van der Waals surface area contributed by atoms with Crippen molar-refractivity contribution in [2.45, 2.75) is 0 Å². The van der Waals surface area contributed by atoms with Crippen LogP contribution in [0.1, 0.15) is 5.56 Å². The van der Waals surface area contributed by atoms with E-state index < -0.39 is 0 Å². The van der Waals surface area contributed by atoms with Crippen molar-refractivity contribution in [3.63, 3.8) is 0 Å². The van der Waals surface area contributed by atoms with Crippen LogP contribution >= 0.6 is 0 Å². The summed E-state index contributed by atoms with van der Waals surface area (Å²) in [6.07, 6.45) is 4.79. The Bertz CT molecular complexity index is 308. The van der Waals surface area contributed by atoms with Crippen LogP contribution < -0.4 is 5.32 Å². The van der Waals surface area contributed by atoms with E-state index in [-0.39, 0.29) is 0 Å². The first-order valence-corrected chi connectivity index (χ1v) is 3.29. The van der Waals surface area contributed by atoms with E-state index in [9.17, 15) is 0 Å². The Hall–Kier alpha value is -1.58. The van der Waals surface area contributed by atoms with Gasteiger partial charge < -0.3 is 10.4 Å². The third-order valence-corrected chi connectivity index (χ3v) is 1.50. The zero-order chi connectivity index (χ0) is 7.68. The summed E-state index contributed by atoms with van der Waals surface area (Å²) in [6.45, 7) is 0.448. The molecule has 0 atom stereocenters. The maximum Gasteiger partial charge on any atom is 0.137 e. The van der Waals surface area contributed by atoms with Crippen LogP contribution in [0.5, 0.6) is 0 Å². The molecule has 1 aromatic heterocycles. The molecular formula is C7H7N3O. The summed E-state index contributed by atoms with van der Waals surface area (Å²) in [6, 6.07) is 0. The Morgan fingerprint density at radius 2 is 2.45 bits per heavy atom. The molecule has 0 bridgehead atoms. The topological polar surface area (TPSA) is 58.0 Å². The molecule has 1 aromatic rings. The second-order valence-electron chi connectivity index (χ2n) is 2.32. The van der Waals surface area contributed by atoms with Gasteiger partial charge in [-0.2, -0.15) is 0 Å². The van der Waals surface area contributed by atoms with E-state index in [1.807, 2.05) is 0 Å². The first-order chi connectivity index (χ1) is 5.36. The highest BCUT2D eigenvalue weighted by Crippen LogP contribution is 2.17. The van der Waals surface area contributed by atoms with E-state index in [0.29, 0.717) is 12.3 Å². The highest BCUT2D eigenvalue weighted by Gasteiger charge is 2.07. The van der Waals surface area contributed by atoms with Crippen LogP contribution in [-0.4, -0.2) is 21.6 Å². The molecule has 1 aliphatic rings. The fourth-order valence-electron chi connectivity index (χ4n) is 0.999. The van der Waals surface area contributed by atoms with E-state index >= 15 is 0 Å². The summed E-state index contributed by atoms with van der Waals surface area (Å²) >= 11 is 0. The Morgan fingerprint density at radius 3 is 3.36 bits per heavy atom. The molecule has 0 amide bonds. The zero-order valence-electron chi connectivity index (χ0n) is 5.78. The molecule has 4 heteroatoms. The molecular weight excluding hydrogens is 142 g/mol. The average Bonchev–Trinajstić information content (AvgIpc) is 2.04. The molecule has 0 radical (unpaired) electrons. The summed E-state index contributed by atoms with van der Waals surface area (Å²) in [5, 5.41) is 12.0. The SMILES string of the molecule is OC1=Cc2cncnc2NC1. The van der Waals surface area contributed by atoms with Crippen molar-refractivity contribution >= 4 is 11.9 Å². The van der Waals surface area contributed by atoms with Crippen molar-refractivity contribution in [3.8, 4) is 0 Å². The van der Waals surface area contributed by atoms with Crippen molar-refractivity contribution in [2.75, 3.05) is 11.9 Å². The standard InChI is InChI=1S/C7H7N3O/c11-6-1-5-2-8-4-10-7(5)9-3-6/h1-2,4,11H,3H2,(H,8,9,10). The molecule has 0 aliphatic carbocycles. The minimum atomic E-state index is 0.312. The molecule has 0 unspecified atom stereocenters. The maximum atomic E-state index is 9.10. The maximum absolute atomic E-state index is 9.10. The Morgan fingerprint density at radius 1 is 1.55 bits per heavy atom. The highest BCUT2D eigenvalue weighted by molar-refractivity contribution is 5.66. The van der Waals surface area contributed by atoms with Gasteiger partial charge in [-0.05, 0) is 6.08 Å². The minimum absolute atomic E-state index is 0.312. The van der Waals surface area contributed by atoms with Crippen molar-refractivity contribution in [1.82, 2.24) is 9.97 Å². The fraction of sp³-hybridized carbons (Fsp3) is 0.143. The van der Waals surface area contributed by atoms with Crippen molar-refractivity contribution < 1.29 is 5.11 Å². The minimum Gasteiger partial charge on any atom is -0.510 e. The number of hydrogen-bond donors (Lipinski definition) is 2. The summed E-state index contributed by atoms with van der Waals surface area (Å²) in [5.74, 6) is 1.09. The summed E-state index contributed by atoms with van der Waals surface area (Å²) in [4.78, 5) is 7.80. The number of nitrogens with one attached hydrogen (secondary N) is 1. The summed E-state index contributed by atoms with van der Waals surface area (Å²) in [7, 11) is 0. The lowest BCUT2D eigenvalue weighted by Gasteiger charge is -2.12. The highest BCUT2D eigenvalue weighted by atomic mass is 16.3. The van der Waals surface area contributed by atoms with Gasteiger partial charge in [0.2, 0.25) is 0 Å². The van der Waals surface area contributed by atoms with Gasteiger partial charge >= 0.3 is 0 Å². The fourth-order valence-corrected chi connectivity index (χ4v) is 0.999. The van der Waals surface area contributed by atoms with Gasteiger partial charge in [0.25, 0.3) is 0 Å². The van der Waals surface area contributed by atoms with Gasteiger partial charge in [-0.1, -0.05) is 0 Å². The predicted molar refractivity (Wildman–Crippen MR) is 41.1 cm³/mol. The average molecular weight is 149 g/mol. The van der Waals surface area contributed by atoms with Gasteiger partial charge in [0, 0.05) is 11.8 Å². The molecule has 11 heavy (non-hydrogen) atoms. The molecule has 2 rings (SSSR count). The number of aliphatic hydroxyl groups excluding tert-OH is 1. The lowest BCUT2D eigenvalue weighted by Crippen LogP contribution is -2.11. The van der Waals surface area contributed by atoms with E-state index in [1.165, 1.54) is 6.33 Å². The van der Waals surface area contributed by atoms with Crippen molar-refractivity contribution in [3.05, 3.63) is 23.8 Å². The number of hydrogen-bond acceptors (Lipinski definition) is 4. The number of aromatic nitrogens is 2. The smallest absolute Gasteiger partial charge is 0.137 e. The molecule has 0 saturated heterocycles. The quantitative estimate of drug-likeness (QED) is 0.572. The van der Waals surface area contributed by atoms with E-state index in [0.717, 1.165) is 11.4 Å². The van der Waals surface area contributed by atoms with Crippen molar-refractivity contribution in [2.24, 2.45) is 0 Å². The van der Waals surface area contributed by atoms with Gasteiger partial charge in [-0.15, -0.1) is 0 Å². The second-order valence-corrected chi connectivity index (χ2v) is 2.32. The predicted octanol–water partition coefficient (Wildman–Crippen LogP) is 0.801. The van der Waals surface area contributed by atoms with E-state index in [2.05, 4.69) is 15.3 Å². The number of rotatable bonds is 0. The molecule has 2 heterocycles. The Labute approximate surface area is 63.6 Å². The number of fused-ring (bicyclic) bond motifs is 1. The lowest BCUT2D eigenvalue weighted by molar-refractivity contribution is 0.411. The first kappa shape index (κ1) is 6.15. The molecule has 0 spiro atoms. The van der Waals surface area contributed by atoms with Crippen LogP contribution in [0.25, 0.3) is 6.08 Å². The Balaban J connectivity index is 2.51. The molecule has 0 saturated carbocycles. The van der Waals surface area contributed by atoms with E-state index in [1.54, 1.807) is 12.3 Å². The van der Waals surface area contributed by atoms with Gasteiger partial charge in [0.05, 0.1) is 6.54 Å². The van der Waals surface area contributed by atoms with Crippen LogP contribution in [-0.2, 0) is 0 Å². The van der Waals surface area contributed by atoms with Crippen LogP contribution in [0.4, 0.5) is 5.82 Å². The zero-order valence-corrected chi connectivity index (χ0v) is 5.78. The third-order valence-electron chi connectivity index (χ3n) is 1.50. The monoisotopic (exact) mass is 149 g/mol. The molecule has 4 nitrogen and oxygen atoms in total. The van der Waals surface area contributed by atoms with Crippen LogP contribution in [0.3, 0.4) is 0 Å². The number of nitrogens with zero attached hydrogens (tertiary/aromatic N) is 2. The third kappa shape index (κ3) is 1.02. The molecule has 56 valence electrons. The molecule has 0 fully saturated rings. The largest absolute Gasteiger partial charge is 0.510 e. The summed E-state index contributed by atoms with van der Waals surface area (Å²) < 4.78 is 0. The molecule has 1 aliphatic heterocycles. The van der Waals surface area contributed by atoms with Crippen LogP contribution in [0, 0.1) is 0 Å². The molecule has 0 aromatic carbocycles. The number of aliphatic hydroxyl groups is 1. The van der Waals surface area contributed by atoms with Crippen LogP contribution in [0.15, 0.2) is 18.3 Å². The van der Waals surface area contributed by atoms with Gasteiger partial charge in [0.15, 0.2) is 0 Å². The van der Waals surface area contributed by atoms with Crippen molar-refractivity contribution in [1.29, 1.82) is 0 Å². The second kappa shape index (κ2) is 2.23. The lowest BCUT2D eigenvalue weighted by atomic mass is 10.2. The van der Waals surface area contributed by atoms with Gasteiger partial charge in [0.1, 0.15) is 17.9 Å².